The average molecular weight is 336 g/mol. The number of anilines is 2. The molecule has 120 valence electrons. The van der Waals surface area contributed by atoms with E-state index < -0.39 is 0 Å². The van der Waals surface area contributed by atoms with Crippen LogP contribution in [0, 0.1) is 20.8 Å². The van der Waals surface area contributed by atoms with Gasteiger partial charge in [0.25, 0.3) is 0 Å². The minimum absolute atomic E-state index is 0.253. The van der Waals surface area contributed by atoms with Crippen molar-refractivity contribution in [3.8, 4) is 5.75 Å². The lowest BCUT2D eigenvalue weighted by atomic mass is 10.1. The molecule has 3 heterocycles. The number of aromatic hydroxyl groups is 1. The highest BCUT2D eigenvalue weighted by atomic mass is 32.1. The third-order valence-corrected chi connectivity index (χ3v) is 5.09. The quantitative estimate of drug-likeness (QED) is 0.523. The highest BCUT2D eigenvalue weighted by Gasteiger charge is 2.15. The SMILES string of the molecule is Cc1cc(C)c2c(n1)sc1c(Nc3ccc(O)cc3C)ncnc12. The molecule has 1 aromatic carbocycles. The highest BCUT2D eigenvalue weighted by molar-refractivity contribution is 7.26. The molecule has 2 N–H and O–H groups in total. The van der Waals surface area contributed by atoms with Crippen LogP contribution in [-0.4, -0.2) is 20.1 Å². The molecule has 0 fully saturated rings. The van der Waals surface area contributed by atoms with Crippen LogP contribution in [-0.2, 0) is 0 Å². The second kappa shape index (κ2) is 5.42. The summed E-state index contributed by atoms with van der Waals surface area (Å²) in [6, 6.07) is 7.31. The Bertz CT molecular complexity index is 1090. The van der Waals surface area contributed by atoms with Crippen LogP contribution in [0.25, 0.3) is 20.4 Å². The van der Waals surface area contributed by atoms with Crippen molar-refractivity contribution in [1.82, 2.24) is 15.0 Å². The number of nitrogens with one attached hydrogen (secondary N) is 1. The van der Waals surface area contributed by atoms with E-state index in [1.165, 1.54) is 5.56 Å². The Balaban J connectivity index is 1.91. The Morgan fingerprint density at radius 2 is 1.88 bits per heavy atom. The van der Waals surface area contributed by atoms with E-state index in [0.717, 1.165) is 43.2 Å². The van der Waals surface area contributed by atoms with Gasteiger partial charge in [0.2, 0.25) is 0 Å². The van der Waals surface area contributed by atoms with Gasteiger partial charge in [-0.3, -0.25) is 0 Å². The molecule has 0 radical (unpaired) electrons. The molecule has 24 heavy (non-hydrogen) atoms. The molecular weight excluding hydrogens is 320 g/mol. The molecule has 4 aromatic rings. The number of benzene rings is 1. The van der Waals surface area contributed by atoms with Crippen molar-refractivity contribution in [2.24, 2.45) is 0 Å². The maximum atomic E-state index is 9.57. The lowest BCUT2D eigenvalue weighted by Crippen LogP contribution is -1.96. The van der Waals surface area contributed by atoms with Gasteiger partial charge in [-0.2, -0.15) is 0 Å². The van der Waals surface area contributed by atoms with Crippen molar-refractivity contribution >= 4 is 43.3 Å². The number of hydrogen-bond donors (Lipinski definition) is 2. The van der Waals surface area contributed by atoms with Gasteiger partial charge >= 0.3 is 0 Å². The number of rotatable bonds is 2. The van der Waals surface area contributed by atoms with Crippen LogP contribution in [0.15, 0.2) is 30.6 Å². The highest BCUT2D eigenvalue weighted by Crippen LogP contribution is 2.38. The smallest absolute Gasteiger partial charge is 0.151 e. The lowest BCUT2D eigenvalue weighted by Gasteiger charge is -2.09. The first kappa shape index (κ1) is 14.8. The second-order valence-corrected chi connectivity index (χ2v) is 6.89. The van der Waals surface area contributed by atoms with Crippen LogP contribution >= 0.6 is 11.3 Å². The third-order valence-electron chi connectivity index (χ3n) is 4.01. The zero-order valence-electron chi connectivity index (χ0n) is 13.6. The molecule has 0 unspecified atom stereocenters. The molecule has 4 rings (SSSR count). The van der Waals surface area contributed by atoms with Gasteiger partial charge in [-0.25, -0.2) is 15.0 Å². The fourth-order valence-corrected chi connectivity index (χ4v) is 4.11. The number of hydrogen-bond acceptors (Lipinski definition) is 6. The largest absolute Gasteiger partial charge is 0.508 e. The fraction of sp³-hybridized carbons (Fsp3) is 0.167. The second-order valence-electron chi connectivity index (χ2n) is 5.89. The Hall–Kier alpha value is -2.73. The molecule has 0 bridgehead atoms. The number of phenolic OH excluding ortho intramolecular Hbond substituents is 1. The van der Waals surface area contributed by atoms with Crippen molar-refractivity contribution in [1.29, 1.82) is 0 Å². The van der Waals surface area contributed by atoms with Crippen LogP contribution in [0.1, 0.15) is 16.8 Å². The maximum absolute atomic E-state index is 9.57. The van der Waals surface area contributed by atoms with Gasteiger partial charge in [-0.15, -0.1) is 11.3 Å². The molecule has 0 saturated carbocycles. The van der Waals surface area contributed by atoms with E-state index in [2.05, 4.69) is 33.3 Å². The first-order chi connectivity index (χ1) is 11.5. The van der Waals surface area contributed by atoms with Gasteiger partial charge in [-0.1, -0.05) is 0 Å². The van der Waals surface area contributed by atoms with Gasteiger partial charge in [-0.05, 0) is 56.2 Å². The summed E-state index contributed by atoms with van der Waals surface area (Å²) in [5.74, 6) is 1.01. The number of aromatic nitrogens is 3. The Labute approximate surface area is 143 Å². The number of pyridine rings is 1. The molecule has 3 aromatic heterocycles. The van der Waals surface area contributed by atoms with E-state index in [1.54, 1.807) is 29.8 Å². The Kier molecular flexibility index (Phi) is 3.35. The molecule has 5 nitrogen and oxygen atoms in total. The Morgan fingerprint density at radius 1 is 1.04 bits per heavy atom. The van der Waals surface area contributed by atoms with E-state index in [-0.39, 0.29) is 5.75 Å². The number of nitrogens with zero attached hydrogens (tertiary/aromatic N) is 3. The predicted octanol–water partition coefficient (Wildman–Crippen LogP) is 4.61. The molecule has 0 atom stereocenters. The van der Waals surface area contributed by atoms with Crippen LogP contribution in [0.4, 0.5) is 11.5 Å². The van der Waals surface area contributed by atoms with E-state index >= 15 is 0 Å². The van der Waals surface area contributed by atoms with E-state index in [0.29, 0.717) is 0 Å². The van der Waals surface area contributed by atoms with Crippen LogP contribution in [0.3, 0.4) is 0 Å². The van der Waals surface area contributed by atoms with E-state index in [9.17, 15) is 5.11 Å². The predicted molar refractivity (Wildman–Crippen MR) is 98.3 cm³/mol. The molecule has 0 aliphatic carbocycles. The lowest BCUT2D eigenvalue weighted by molar-refractivity contribution is 0.475. The van der Waals surface area contributed by atoms with Gasteiger partial charge in [0.05, 0.1) is 10.2 Å². The standard InChI is InChI=1S/C18H16N4OS/c1-9-7-12(23)4-5-13(9)22-17-16-15(19-8-20-17)14-10(2)6-11(3)21-18(14)24-16/h4-8,23H,1-3H3,(H,19,20,22). The summed E-state index contributed by atoms with van der Waals surface area (Å²) in [6.07, 6.45) is 1.58. The van der Waals surface area contributed by atoms with Crippen molar-refractivity contribution < 1.29 is 5.11 Å². The minimum atomic E-state index is 0.253. The third kappa shape index (κ3) is 2.35. The van der Waals surface area contributed by atoms with Gasteiger partial charge in [0.1, 0.15) is 16.9 Å². The molecule has 0 aliphatic rings. The van der Waals surface area contributed by atoms with E-state index in [1.807, 2.05) is 19.9 Å². The van der Waals surface area contributed by atoms with Gasteiger partial charge in [0, 0.05) is 16.8 Å². The summed E-state index contributed by atoms with van der Waals surface area (Å²) in [5, 5.41) is 14.0. The summed E-state index contributed by atoms with van der Waals surface area (Å²) in [7, 11) is 0. The topological polar surface area (TPSA) is 70.9 Å². The van der Waals surface area contributed by atoms with Crippen LogP contribution < -0.4 is 5.32 Å². The first-order valence-corrected chi connectivity index (χ1v) is 8.42. The summed E-state index contributed by atoms with van der Waals surface area (Å²) in [6.45, 7) is 6.03. The molecule has 0 amide bonds. The number of fused-ring (bicyclic) bond motifs is 3. The summed E-state index contributed by atoms with van der Waals surface area (Å²) in [4.78, 5) is 14.5. The van der Waals surface area contributed by atoms with Crippen molar-refractivity contribution in [2.75, 3.05) is 5.32 Å². The minimum Gasteiger partial charge on any atom is -0.508 e. The first-order valence-electron chi connectivity index (χ1n) is 7.61. The maximum Gasteiger partial charge on any atom is 0.151 e. The van der Waals surface area contributed by atoms with Gasteiger partial charge in [0.15, 0.2) is 5.82 Å². The molecule has 0 aliphatic heterocycles. The van der Waals surface area contributed by atoms with E-state index in [4.69, 9.17) is 0 Å². The Morgan fingerprint density at radius 3 is 2.67 bits per heavy atom. The zero-order chi connectivity index (χ0) is 16.8. The molecular formula is C18H16N4OS. The average Bonchev–Trinajstić information content (AvgIpc) is 2.89. The normalized spacial score (nSPS) is 11.3. The number of phenols is 1. The monoisotopic (exact) mass is 336 g/mol. The fourth-order valence-electron chi connectivity index (χ4n) is 2.91. The molecule has 0 spiro atoms. The number of thiophene rings is 1. The van der Waals surface area contributed by atoms with Crippen molar-refractivity contribution in [3.63, 3.8) is 0 Å². The number of aryl methyl sites for hydroxylation is 3. The summed E-state index contributed by atoms with van der Waals surface area (Å²) in [5.41, 5.74) is 4.96. The zero-order valence-corrected chi connectivity index (χ0v) is 14.4. The molecule has 6 heteroatoms. The van der Waals surface area contributed by atoms with Crippen LogP contribution in [0.2, 0.25) is 0 Å². The van der Waals surface area contributed by atoms with Gasteiger partial charge < -0.3 is 10.4 Å². The van der Waals surface area contributed by atoms with Crippen LogP contribution in [0.5, 0.6) is 5.75 Å². The summed E-state index contributed by atoms with van der Waals surface area (Å²) < 4.78 is 0.987. The molecule has 0 saturated heterocycles. The van der Waals surface area contributed by atoms with Crippen molar-refractivity contribution in [3.05, 3.63) is 47.4 Å². The summed E-state index contributed by atoms with van der Waals surface area (Å²) >= 11 is 1.60. The van der Waals surface area contributed by atoms with Crippen molar-refractivity contribution in [2.45, 2.75) is 20.8 Å².